The third-order valence-corrected chi connectivity index (χ3v) is 1.10. The highest BCUT2D eigenvalue weighted by atomic mass is 16.1. The van der Waals surface area contributed by atoms with Crippen LogP contribution in [0.25, 0.3) is 0 Å². The fourth-order valence-electron chi connectivity index (χ4n) is 0.672. The second-order valence-corrected chi connectivity index (χ2v) is 1.74. The first-order valence-corrected chi connectivity index (χ1v) is 2.64. The zero-order chi connectivity index (χ0) is 5.82. The average Bonchev–Trinajstić information content (AvgIpc) is 1.90. The molecule has 1 heteroatoms. The van der Waals surface area contributed by atoms with Gasteiger partial charge >= 0.3 is 0 Å². The van der Waals surface area contributed by atoms with Gasteiger partial charge in [0.05, 0.1) is 5.92 Å². The molecule has 0 unspecified atom stereocenters. The molecule has 1 aliphatic carbocycles. The second kappa shape index (κ2) is 2.46. The highest BCUT2D eigenvalue weighted by Gasteiger charge is 1.98. The molecule has 0 aromatic carbocycles. The van der Waals surface area contributed by atoms with Gasteiger partial charge in [0.2, 0.25) is 6.29 Å². The van der Waals surface area contributed by atoms with E-state index in [0.717, 1.165) is 6.42 Å². The molecule has 0 saturated heterocycles. The molecule has 0 aromatic heterocycles. The molecule has 1 nitrogen and oxygen atoms in total. The Bertz CT molecular complexity index is 121. The van der Waals surface area contributed by atoms with E-state index in [1.165, 1.54) is 0 Å². The number of carbonyl (C=O) groups excluding carboxylic acids is 1. The molecule has 0 amide bonds. The van der Waals surface area contributed by atoms with E-state index >= 15 is 0 Å². The normalized spacial score (nSPS) is 19.0. The summed E-state index contributed by atoms with van der Waals surface area (Å²) in [4.78, 5) is 9.93. The van der Waals surface area contributed by atoms with Crippen molar-refractivity contribution in [2.24, 2.45) is 5.92 Å². The zero-order valence-electron chi connectivity index (χ0n) is 4.50. The van der Waals surface area contributed by atoms with Gasteiger partial charge in [0, 0.05) is 0 Å². The third kappa shape index (κ3) is 1.06. The van der Waals surface area contributed by atoms with Gasteiger partial charge in [-0.3, -0.25) is 4.79 Å². The lowest BCUT2D eigenvalue weighted by Crippen LogP contribution is -1.94. The summed E-state index contributed by atoms with van der Waals surface area (Å²) < 4.78 is 0. The number of allylic oxidation sites excluding steroid dienone is 4. The molecule has 0 fully saturated rings. The van der Waals surface area contributed by atoms with E-state index in [1.54, 1.807) is 0 Å². The molecule has 0 saturated carbocycles. The van der Waals surface area contributed by atoms with Crippen molar-refractivity contribution in [3.63, 3.8) is 0 Å². The Kier molecular flexibility index (Phi) is 1.62. The lowest BCUT2D eigenvalue weighted by Gasteiger charge is -1.97. The molecule has 0 aromatic rings. The monoisotopic (exact) mass is 107 g/mol. The van der Waals surface area contributed by atoms with Crippen LogP contribution >= 0.6 is 0 Å². The van der Waals surface area contributed by atoms with E-state index in [9.17, 15) is 4.79 Å². The Morgan fingerprint density at radius 1 is 1.38 bits per heavy atom. The van der Waals surface area contributed by atoms with Gasteiger partial charge in [-0.15, -0.1) is 0 Å². The first-order valence-electron chi connectivity index (χ1n) is 2.64. The molecule has 41 valence electrons. The van der Waals surface area contributed by atoms with Crippen LogP contribution in [0.15, 0.2) is 24.3 Å². The minimum Gasteiger partial charge on any atom is -0.290 e. The zero-order valence-corrected chi connectivity index (χ0v) is 4.50. The fraction of sp³-hybridized carbons (Fsp3) is 0.286. The minimum atomic E-state index is -0.0799. The standard InChI is InChI=1S/C7H7O/c8-6-7-4-2-1-3-5-7/h2-5,7H,1H2. The first kappa shape index (κ1) is 5.29. The van der Waals surface area contributed by atoms with E-state index in [0.29, 0.717) is 0 Å². The number of rotatable bonds is 1. The van der Waals surface area contributed by atoms with Crippen molar-refractivity contribution in [3.05, 3.63) is 24.3 Å². The van der Waals surface area contributed by atoms with E-state index in [1.807, 2.05) is 30.6 Å². The summed E-state index contributed by atoms with van der Waals surface area (Å²) in [6.45, 7) is 0. The second-order valence-electron chi connectivity index (χ2n) is 1.74. The van der Waals surface area contributed by atoms with Crippen LogP contribution in [-0.2, 0) is 4.79 Å². The van der Waals surface area contributed by atoms with Gasteiger partial charge in [-0.2, -0.15) is 0 Å². The maximum absolute atomic E-state index is 9.93. The quantitative estimate of drug-likeness (QED) is 0.460. The van der Waals surface area contributed by atoms with Crippen LogP contribution in [0, 0.1) is 5.92 Å². The van der Waals surface area contributed by atoms with Gasteiger partial charge in [0.25, 0.3) is 0 Å². The molecule has 1 rings (SSSR count). The summed E-state index contributed by atoms with van der Waals surface area (Å²) in [6, 6.07) is 0. The van der Waals surface area contributed by atoms with Crippen LogP contribution in [0.4, 0.5) is 0 Å². The van der Waals surface area contributed by atoms with Crippen LogP contribution in [0.1, 0.15) is 6.42 Å². The maximum atomic E-state index is 9.93. The van der Waals surface area contributed by atoms with E-state index in [4.69, 9.17) is 0 Å². The van der Waals surface area contributed by atoms with Crippen molar-refractivity contribution in [2.75, 3.05) is 0 Å². The van der Waals surface area contributed by atoms with Gasteiger partial charge < -0.3 is 0 Å². The van der Waals surface area contributed by atoms with Gasteiger partial charge in [-0.05, 0) is 6.42 Å². The van der Waals surface area contributed by atoms with Crippen LogP contribution in [0.5, 0.6) is 0 Å². The summed E-state index contributed by atoms with van der Waals surface area (Å²) in [5, 5.41) is 0. The fourth-order valence-corrected chi connectivity index (χ4v) is 0.672. The van der Waals surface area contributed by atoms with Crippen LogP contribution in [-0.4, -0.2) is 6.29 Å². The van der Waals surface area contributed by atoms with Crippen LogP contribution in [0.3, 0.4) is 0 Å². The molecule has 8 heavy (non-hydrogen) atoms. The molecular weight excluding hydrogens is 100 g/mol. The molecule has 0 bridgehead atoms. The predicted molar refractivity (Wildman–Crippen MR) is 32.1 cm³/mol. The lowest BCUT2D eigenvalue weighted by atomic mass is 10.1. The van der Waals surface area contributed by atoms with E-state index < -0.39 is 0 Å². The summed E-state index contributed by atoms with van der Waals surface area (Å²) in [6.07, 6.45) is 10.5. The number of hydrogen-bond acceptors (Lipinski definition) is 1. The van der Waals surface area contributed by atoms with Crippen LogP contribution in [0.2, 0.25) is 0 Å². The highest BCUT2D eigenvalue weighted by Crippen LogP contribution is 2.04. The van der Waals surface area contributed by atoms with Crippen LogP contribution < -0.4 is 0 Å². The molecule has 0 aliphatic heterocycles. The van der Waals surface area contributed by atoms with Gasteiger partial charge in [0.15, 0.2) is 0 Å². The van der Waals surface area contributed by atoms with E-state index in [-0.39, 0.29) is 5.92 Å². The SMILES string of the molecule is O=[C]C1C=CCC=C1. The van der Waals surface area contributed by atoms with Gasteiger partial charge in [-0.25, -0.2) is 0 Å². The van der Waals surface area contributed by atoms with Crippen molar-refractivity contribution in [1.29, 1.82) is 0 Å². The highest BCUT2D eigenvalue weighted by molar-refractivity contribution is 5.61. The Morgan fingerprint density at radius 3 is 2.38 bits per heavy atom. The van der Waals surface area contributed by atoms with Gasteiger partial charge in [0.1, 0.15) is 0 Å². The first-order chi connectivity index (χ1) is 3.93. The van der Waals surface area contributed by atoms with Gasteiger partial charge in [-0.1, -0.05) is 24.3 Å². The largest absolute Gasteiger partial charge is 0.290 e. The molecule has 1 radical (unpaired) electrons. The summed E-state index contributed by atoms with van der Waals surface area (Å²) in [5.74, 6) is -0.0799. The Morgan fingerprint density at radius 2 is 2.00 bits per heavy atom. The Hall–Kier alpha value is -0.850. The van der Waals surface area contributed by atoms with Crippen molar-refractivity contribution in [2.45, 2.75) is 6.42 Å². The summed E-state index contributed by atoms with van der Waals surface area (Å²) in [7, 11) is 0. The Balaban J connectivity index is 2.54. The van der Waals surface area contributed by atoms with Crippen molar-refractivity contribution >= 4 is 6.29 Å². The summed E-state index contributed by atoms with van der Waals surface area (Å²) in [5.41, 5.74) is 0. The lowest BCUT2D eigenvalue weighted by molar-refractivity contribution is 0.547. The van der Waals surface area contributed by atoms with Crippen molar-refractivity contribution in [3.8, 4) is 0 Å². The maximum Gasteiger partial charge on any atom is 0.209 e. The molecule has 0 heterocycles. The average molecular weight is 107 g/mol. The molecule has 0 atom stereocenters. The molecule has 1 aliphatic rings. The smallest absolute Gasteiger partial charge is 0.209 e. The molecular formula is C7H7O. The molecule has 0 spiro atoms. The predicted octanol–water partition coefficient (Wildman–Crippen LogP) is 1.23. The molecule has 0 N–H and O–H groups in total. The summed E-state index contributed by atoms with van der Waals surface area (Å²) >= 11 is 0. The minimum absolute atomic E-state index is 0.0799. The topological polar surface area (TPSA) is 17.1 Å². The Labute approximate surface area is 48.7 Å². The van der Waals surface area contributed by atoms with Crippen molar-refractivity contribution in [1.82, 2.24) is 0 Å². The third-order valence-electron chi connectivity index (χ3n) is 1.10. The van der Waals surface area contributed by atoms with Crippen molar-refractivity contribution < 1.29 is 4.79 Å². The number of hydrogen-bond donors (Lipinski definition) is 0. The van der Waals surface area contributed by atoms with E-state index in [2.05, 4.69) is 0 Å².